The average Bonchev–Trinajstić information content (AvgIpc) is 2.61. The van der Waals surface area contributed by atoms with Crippen molar-refractivity contribution in [3.05, 3.63) is 28.6 Å². The van der Waals surface area contributed by atoms with E-state index in [2.05, 4.69) is 5.32 Å². The Morgan fingerprint density at radius 3 is 3.11 bits per heavy atom. The molecule has 1 aromatic heterocycles. The molecule has 5 heteroatoms. The lowest BCUT2D eigenvalue weighted by Gasteiger charge is -2.14. The van der Waals surface area contributed by atoms with Gasteiger partial charge in [-0.1, -0.05) is 0 Å². The summed E-state index contributed by atoms with van der Waals surface area (Å²) in [7, 11) is 1.75. The molecule has 2 aromatic rings. The van der Waals surface area contributed by atoms with Crippen molar-refractivity contribution in [1.82, 2.24) is 4.57 Å². The second-order valence-corrected chi connectivity index (χ2v) is 4.47. The summed E-state index contributed by atoms with van der Waals surface area (Å²) in [5.41, 5.74) is 8.00. The first kappa shape index (κ1) is 11.0. The topological polar surface area (TPSA) is 69.3 Å². The van der Waals surface area contributed by atoms with E-state index in [0.717, 1.165) is 29.6 Å². The molecule has 0 atom stereocenters. The number of rotatable bonds is 0. The van der Waals surface area contributed by atoms with E-state index in [1.165, 1.54) is 0 Å². The summed E-state index contributed by atoms with van der Waals surface area (Å²) in [4.78, 5) is 12.2. The van der Waals surface area contributed by atoms with Crippen molar-refractivity contribution < 1.29 is 4.74 Å². The van der Waals surface area contributed by atoms with Gasteiger partial charge in [0, 0.05) is 24.7 Å². The van der Waals surface area contributed by atoms with E-state index in [4.69, 9.17) is 10.5 Å². The van der Waals surface area contributed by atoms with E-state index >= 15 is 0 Å². The highest BCUT2D eigenvalue weighted by atomic mass is 16.5. The van der Waals surface area contributed by atoms with Gasteiger partial charge in [0.05, 0.1) is 17.8 Å². The number of ether oxygens (including phenoxy) is 1. The number of nitrogens with one attached hydrogen (secondary N) is 1. The fourth-order valence-electron chi connectivity index (χ4n) is 2.31. The lowest BCUT2D eigenvalue weighted by molar-refractivity contribution is 0.317. The van der Waals surface area contributed by atoms with E-state index in [1.807, 2.05) is 12.1 Å². The number of nitrogen functional groups attached to an aromatic ring is 1. The van der Waals surface area contributed by atoms with Crippen LogP contribution < -0.4 is 21.3 Å². The van der Waals surface area contributed by atoms with Crippen LogP contribution in [0.15, 0.2) is 23.0 Å². The Balaban J connectivity index is 2.44. The second-order valence-electron chi connectivity index (χ2n) is 4.47. The molecule has 1 aliphatic rings. The van der Waals surface area contributed by atoms with Gasteiger partial charge >= 0.3 is 0 Å². The van der Waals surface area contributed by atoms with Crippen LogP contribution in [0.5, 0.6) is 5.75 Å². The zero-order valence-corrected chi connectivity index (χ0v) is 10.2. The molecule has 0 amide bonds. The first-order chi connectivity index (χ1) is 8.68. The van der Waals surface area contributed by atoms with Crippen LogP contribution in [0.25, 0.3) is 10.9 Å². The van der Waals surface area contributed by atoms with Gasteiger partial charge in [-0.15, -0.1) is 0 Å². The molecule has 0 radical (unpaired) electrons. The third-order valence-corrected chi connectivity index (χ3v) is 3.25. The number of pyridine rings is 1. The Labute approximate surface area is 104 Å². The van der Waals surface area contributed by atoms with Gasteiger partial charge in [0.25, 0.3) is 5.56 Å². The summed E-state index contributed by atoms with van der Waals surface area (Å²) in [6.45, 7) is 1.35. The molecular formula is C13H15N3O2. The molecule has 18 heavy (non-hydrogen) atoms. The van der Waals surface area contributed by atoms with E-state index in [0.29, 0.717) is 18.0 Å². The highest BCUT2D eigenvalue weighted by Gasteiger charge is 2.18. The molecule has 1 aliphatic heterocycles. The number of hydrogen-bond donors (Lipinski definition) is 2. The molecule has 1 aromatic carbocycles. The van der Waals surface area contributed by atoms with Crippen molar-refractivity contribution >= 4 is 22.3 Å². The van der Waals surface area contributed by atoms with Crippen molar-refractivity contribution in [3.63, 3.8) is 0 Å². The van der Waals surface area contributed by atoms with Crippen LogP contribution in [0.3, 0.4) is 0 Å². The Kier molecular flexibility index (Phi) is 2.40. The summed E-state index contributed by atoms with van der Waals surface area (Å²) < 4.78 is 7.17. The van der Waals surface area contributed by atoms with Crippen molar-refractivity contribution in [3.8, 4) is 5.75 Å². The number of nitrogens with two attached hydrogens (primary N) is 1. The molecule has 0 bridgehead atoms. The minimum atomic E-state index is -0.114. The third-order valence-electron chi connectivity index (χ3n) is 3.25. The van der Waals surface area contributed by atoms with E-state index in [1.54, 1.807) is 17.7 Å². The highest BCUT2D eigenvalue weighted by molar-refractivity contribution is 5.96. The molecule has 0 saturated carbocycles. The predicted octanol–water partition coefficient (Wildman–Crippen LogP) is 1.32. The second kappa shape index (κ2) is 3.94. The Hall–Kier alpha value is -2.17. The molecule has 0 saturated heterocycles. The van der Waals surface area contributed by atoms with Crippen molar-refractivity contribution in [2.45, 2.75) is 6.42 Å². The van der Waals surface area contributed by atoms with Crippen LogP contribution in [-0.4, -0.2) is 17.7 Å². The lowest BCUT2D eigenvalue weighted by Crippen LogP contribution is -2.20. The van der Waals surface area contributed by atoms with Gasteiger partial charge < -0.3 is 20.4 Å². The standard InChI is InChI=1S/C13H15N3O2/c1-16-10-4-3-8(14)7-9(10)11-12(13(16)17)18-6-2-5-15-11/h3-4,7,15H,2,5-6,14H2,1H3. The maximum absolute atomic E-state index is 12.2. The van der Waals surface area contributed by atoms with E-state index in [9.17, 15) is 4.79 Å². The number of hydrogen-bond acceptors (Lipinski definition) is 4. The van der Waals surface area contributed by atoms with Crippen LogP contribution in [0.4, 0.5) is 11.4 Å². The molecule has 3 rings (SSSR count). The maximum Gasteiger partial charge on any atom is 0.295 e. The van der Waals surface area contributed by atoms with Crippen molar-refractivity contribution in [2.75, 3.05) is 24.2 Å². The zero-order valence-electron chi connectivity index (χ0n) is 10.2. The summed E-state index contributed by atoms with van der Waals surface area (Å²) in [6, 6.07) is 5.53. The first-order valence-corrected chi connectivity index (χ1v) is 5.97. The van der Waals surface area contributed by atoms with Crippen LogP contribution in [0, 0.1) is 0 Å². The van der Waals surface area contributed by atoms with Gasteiger partial charge in [0.1, 0.15) is 0 Å². The summed E-state index contributed by atoms with van der Waals surface area (Å²) >= 11 is 0. The molecule has 0 aliphatic carbocycles. The van der Waals surface area contributed by atoms with Gasteiger partial charge in [0.15, 0.2) is 0 Å². The van der Waals surface area contributed by atoms with E-state index < -0.39 is 0 Å². The highest BCUT2D eigenvalue weighted by Crippen LogP contribution is 2.32. The lowest BCUT2D eigenvalue weighted by atomic mass is 10.1. The molecule has 0 unspecified atom stereocenters. The first-order valence-electron chi connectivity index (χ1n) is 5.97. The number of aryl methyl sites for hydroxylation is 1. The van der Waals surface area contributed by atoms with Crippen molar-refractivity contribution in [1.29, 1.82) is 0 Å². The Morgan fingerprint density at radius 2 is 2.28 bits per heavy atom. The van der Waals surface area contributed by atoms with Gasteiger partial charge in [-0.2, -0.15) is 0 Å². The quantitative estimate of drug-likeness (QED) is 0.687. The molecule has 0 fully saturated rings. The summed E-state index contributed by atoms with van der Waals surface area (Å²) in [5.74, 6) is 0.396. The summed E-state index contributed by atoms with van der Waals surface area (Å²) in [6.07, 6.45) is 0.877. The normalized spacial score (nSPS) is 14.5. The number of anilines is 2. The number of nitrogens with zero attached hydrogens (tertiary/aromatic N) is 1. The van der Waals surface area contributed by atoms with Crippen LogP contribution in [0.1, 0.15) is 6.42 Å². The molecule has 2 heterocycles. The van der Waals surface area contributed by atoms with Crippen LogP contribution in [0.2, 0.25) is 0 Å². The van der Waals surface area contributed by atoms with E-state index in [-0.39, 0.29) is 5.56 Å². The maximum atomic E-state index is 12.2. The molecule has 3 N–H and O–H groups in total. The third kappa shape index (κ3) is 1.51. The number of aromatic nitrogens is 1. The molecule has 0 spiro atoms. The number of fused-ring (bicyclic) bond motifs is 3. The van der Waals surface area contributed by atoms with Crippen LogP contribution >= 0.6 is 0 Å². The summed E-state index contributed by atoms with van der Waals surface area (Å²) in [5, 5.41) is 4.19. The van der Waals surface area contributed by atoms with Gasteiger partial charge in [-0.3, -0.25) is 4.79 Å². The minimum absolute atomic E-state index is 0.114. The fourth-order valence-corrected chi connectivity index (χ4v) is 2.31. The van der Waals surface area contributed by atoms with Crippen molar-refractivity contribution in [2.24, 2.45) is 7.05 Å². The molecule has 5 nitrogen and oxygen atoms in total. The SMILES string of the molecule is Cn1c(=O)c2c(c3cc(N)ccc31)NCCCO2. The molecular weight excluding hydrogens is 230 g/mol. The van der Waals surface area contributed by atoms with Gasteiger partial charge in [0.2, 0.25) is 5.75 Å². The van der Waals surface area contributed by atoms with Crippen LogP contribution in [-0.2, 0) is 7.05 Å². The Morgan fingerprint density at radius 1 is 1.44 bits per heavy atom. The average molecular weight is 245 g/mol. The van der Waals surface area contributed by atoms with Gasteiger partial charge in [-0.05, 0) is 24.6 Å². The predicted molar refractivity (Wildman–Crippen MR) is 72.2 cm³/mol. The largest absolute Gasteiger partial charge is 0.486 e. The number of benzene rings is 1. The molecule has 94 valence electrons. The van der Waals surface area contributed by atoms with Gasteiger partial charge in [-0.25, -0.2) is 0 Å². The minimum Gasteiger partial charge on any atom is -0.486 e. The Bertz CT molecular complexity index is 676. The smallest absolute Gasteiger partial charge is 0.295 e. The fraction of sp³-hybridized carbons (Fsp3) is 0.308. The monoisotopic (exact) mass is 245 g/mol. The zero-order chi connectivity index (χ0) is 12.7.